The third-order valence-corrected chi connectivity index (χ3v) is 3.99. The van der Waals surface area contributed by atoms with Crippen LogP contribution in [0, 0.1) is 0 Å². The molecule has 2 N–H and O–H groups in total. The van der Waals surface area contributed by atoms with Gasteiger partial charge in [0.15, 0.2) is 0 Å². The van der Waals surface area contributed by atoms with Gasteiger partial charge in [-0.2, -0.15) is 5.10 Å². The molecule has 0 aromatic carbocycles. The van der Waals surface area contributed by atoms with Crippen molar-refractivity contribution >= 4 is 11.6 Å². The Kier molecular flexibility index (Phi) is 4.45. The number of nitrogens with zero attached hydrogens (tertiary/aromatic N) is 3. The summed E-state index contributed by atoms with van der Waals surface area (Å²) in [6.45, 7) is 5.41. The first kappa shape index (κ1) is 13.9. The van der Waals surface area contributed by atoms with Crippen molar-refractivity contribution in [3.05, 3.63) is 11.9 Å². The highest BCUT2D eigenvalue weighted by atomic mass is 16.2. The van der Waals surface area contributed by atoms with Crippen LogP contribution in [0.4, 0.5) is 5.69 Å². The van der Waals surface area contributed by atoms with Crippen LogP contribution in [0.25, 0.3) is 0 Å². The van der Waals surface area contributed by atoms with Gasteiger partial charge in [-0.15, -0.1) is 0 Å². The molecule has 19 heavy (non-hydrogen) atoms. The maximum absolute atomic E-state index is 12.7. The van der Waals surface area contributed by atoms with Crippen LogP contribution in [0.15, 0.2) is 6.20 Å². The number of carbonyl (C=O) groups is 1. The van der Waals surface area contributed by atoms with Crippen molar-refractivity contribution in [1.82, 2.24) is 14.7 Å². The van der Waals surface area contributed by atoms with E-state index in [0.29, 0.717) is 24.0 Å². The molecule has 1 saturated carbocycles. The van der Waals surface area contributed by atoms with Crippen LogP contribution in [0.2, 0.25) is 0 Å². The standard InChI is InChI=1S/C14H24N4O/c1-3-17(11-8-6-5-7-9-11)14(19)13-12(15)10-16-18(13)4-2/h10-11H,3-9,15H2,1-2H3. The molecule has 0 saturated heterocycles. The van der Waals surface area contributed by atoms with Crippen molar-refractivity contribution in [2.45, 2.75) is 58.5 Å². The lowest BCUT2D eigenvalue weighted by Gasteiger charge is -2.33. The Bertz CT molecular complexity index is 435. The van der Waals surface area contributed by atoms with E-state index in [2.05, 4.69) is 5.10 Å². The lowest BCUT2D eigenvalue weighted by molar-refractivity contribution is 0.0636. The van der Waals surface area contributed by atoms with Crippen LogP contribution in [0.3, 0.4) is 0 Å². The topological polar surface area (TPSA) is 64.2 Å². The van der Waals surface area contributed by atoms with Gasteiger partial charge in [-0.3, -0.25) is 9.48 Å². The Morgan fingerprint density at radius 2 is 2.11 bits per heavy atom. The van der Waals surface area contributed by atoms with Crippen LogP contribution in [0.1, 0.15) is 56.4 Å². The summed E-state index contributed by atoms with van der Waals surface area (Å²) < 4.78 is 1.70. The van der Waals surface area contributed by atoms with Crippen molar-refractivity contribution in [2.24, 2.45) is 0 Å². The van der Waals surface area contributed by atoms with Crippen LogP contribution in [0.5, 0.6) is 0 Å². The molecule has 0 bridgehead atoms. The Hall–Kier alpha value is -1.52. The van der Waals surface area contributed by atoms with Crippen molar-refractivity contribution in [1.29, 1.82) is 0 Å². The minimum Gasteiger partial charge on any atom is -0.396 e. The quantitative estimate of drug-likeness (QED) is 0.907. The molecule has 2 rings (SSSR count). The monoisotopic (exact) mass is 264 g/mol. The molecule has 5 heteroatoms. The second-order valence-corrected chi connectivity index (χ2v) is 5.15. The van der Waals surface area contributed by atoms with Crippen LogP contribution >= 0.6 is 0 Å². The van der Waals surface area contributed by atoms with Gasteiger partial charge < -0.3 is 10.6 Å². The summed E-state index contributed by atoms with van der Waals surface area (Å²) in [7, 11) is 0. The Morgan fingerprint density at radius 1 is 1.42 bits per heavy atom. The fourth-order valence-corrected chi connectivity index (χ4v) is 2.97. The number of nitrogen functional groups attached to an aromatic ring is 1. The Labute approximate surface area is 114 Å². The summed E-state index contributed by atoms with van der Waals surface area (Å²) in [5, 5.41) is 4.16. The molecule has 1 aromatic rings. The zero-order valence-electron chi connectivity index (χ0n) is 11.9. The van der Waals surface area contributed by atoms with Gasteiger partial charge in [0, 0.05) is 19.1 Å². The van der Waals surface area contributed by atoms with Crippen LogP contribution < -0.4 is 5.73 Å². The number of rotatable bonds is 4. The van der Waals surface area contributed by atoms with Crippen molar-refractivity contribution in [3.63, 3.8) is 0 Å². The number of anilines is 1. The third kappa shape index (κ3) is 2.74. The normalized spacial score (nSPS) is 16.5. The number of hydrogen-bond donors (Lipinski definition) is 1. The maximum Gasteiger partial charge on any atom is 0.274 e. The number of hydrogen-bond acceptors (Lipinski definition) is 3. The predicted molar refractivity (Wildman–Crippen MR) is 75.9 cm³/mol. The van der Waals surface area contributed by atoms with Gasteiger partial charge in [0.05, 0.1) is 11.9 Å². The van der Waals surface area contributed by atoms with E-state index in [-0.39, 0.29) is 5.91 Å². The molecular weight excluding hydrogens is 240 g/mol. The second-order valence-electron chi connectivity index (χ2n) is 5.15. The molecule has 0 atom stereocenters. The number of aryl methyl sites for hydroxylation is 1. The number of carbonyl (C=O) groups excluding carboxylic acids is 1. The molecule has 1 aliphatic rings. The molecule has 0 radical (unpaired) electrons. The third-order valence-electron chi connectivity index (χ3n) is 3.99. The molecule has 0 unspecified atom stereocenters. The average Bonchev–Trinajstić information content (AvgIpc) is 2.81. The summed E-state index contributed by atoms with van der Waals surface area (Å²) in [6, 6.07) is 0.367. The van der Waals surface area contributed by atoms with Crippen molar-refractivity contribution in [2.75, 3.05) is 12.3 Å². The molecule has 1 fully saturated rings. The zero-order chi connectivity index (χ0) is 13.8. The van der Waals surface area contributed by atoms with Crippen LogP contribution in [-0.4, -0.2) is 33.2 Å². The maximum atomic E-state index is 12.7. The van der Waals surface area contributed by atoms with Gasteiger partial charge in [-0.1, -0.05) is 19.3 Å². The van der Waals surface area contributed by atoms with E-state index in [4.69, 9.17) is 5.73 Å². The molecule has 0 spiro atoms. The summed E-state index contributed by atoms with van der Waals surface area (Å²) in [5.74, 6) is 0.0336. The fraction of sp³-hybridized carbons (Fsp3) is 0.714. The number of amides is 1. The highest BCUT2D eigenvalue weighted by Gasteiger charge is 2.28. The first-order chi connectivity index (χ1) is 9.19. The molecular formula is C14H24N4O. The lowest BCUT2D eigenvalue weighted by Crippen LogP contribution is -2.42. The summed E-state index contributed by atoms with van der Waals surface area (Å²) in [4.78, 5) is 14.7. The smallest absolute Gasteiger partial charge is 0.274 e. The highest BCUT2D eigenvalue weighted by molar-refractivity contribution is 5.97. The van der Waals surface area contributed by atoms with Gasteiger partial charge in [0.2, 0.25) is 0 Å². The summed E-state index contributed by atoms with van der Waals surface area (Å²) >= 11 is 0. The predicted octanol–water partition coefficient (Wildman–Crippen LogP) is 2.28. The van der Waals surface area contributed by atoms with E-state index in [9.17, 15) is 4.79 Å². The lowest BCUT2D eigenvalue weighted by atomic mass is 9.94. The molecule has 5 nitrogen and oxygen atoms in total. The van der Waals surface area contributed by atoms with E-state index in [1.807, 2.05) is 18.7 Å². The average molecular weight is 264 g/mol. The van der Waals surface area contributed by atoms with Crippen LogP contribution in [-0.2, 0) is 6.54 Å². The summed E-state index contributed by atoms with van der Waals surface area (Å²) in [6.07, 6.45) is 7.52. The largest absolute Gasteiger partial charge is 0.396 e. The highest BCUT2D eigenvalue weighted by Crippen LogP contribution is 2.25. The van der Waals surface area contributed by atoms with E-state index < -0.39 is 0 Å². The van der Waals surface area contributed by atoms with Gasteiger partial charge in [-0.25, -0.2) is 0 Å². The van der Waals surface area contributed by atoms with E-state index in [1.54, 1.807) is 10.9 Å². The summed E-state index contributed by atoms with van der Waals surface area (Å²) in [5.41, 5.74) is 6.95. The second kappa shape index (κ2) is 6.08. The minimum atomic E-state index is 0.0336. The fourth-order valence-electron chi connectivity index (χ4n) is 2.97. The van der Waals surface area contributed by atoms with Gasteiger partial charge in [0.25, 0.3) is 5.91 Å². The number of nitrogens with two attached hydrogens (primary N) is 1. The molecule has 0 aliphatic heterocycles. The first-order valence-corrected chi connectivity index (χ1v) is 7.31. The molecule has 1 heterocycles. The molecule has 1 aromatic heterocycles. The zero-order valence-corrected chi connectivity index (χ0v) is 11.9. The first-order valence-electron chi connectivity index (χ1n) is 7.31. The Balaban J connectivity index is 2.22. The minimum absolute atomic E-state index is 0.0336. The van der Waals surface area contributed by atoms with E-state index >= 15 is 0 Å². The van der Waals surface area contributed by atoms with Crippen molar-refractivity contribution in [3.8, 4) is 0 Å². The van der Waals surface area contributed by atoms with Crippen molar-refractivity contribution < 1.29 is 4.79 Å². The van der Waals surface area contributed by atoms with Gasteiger partial charge >= 0.3 is 0 Å². The SMILES string of the molecule is CCN(C(=O)c1c(N)cnn1CC)C1CCCCC1. The molecule has 1 amide bonds. The number of aromatic nitrogens is 2. The Morgan fingerprint density at radius 3 is 2.68 bits per heavy atom. The molecule has 1 aliphatic carbocycles. The molecule has 106 valence electrons. The van der Waals surface area contributed by atoms with Gasteiger partial charge in [0.1, 0.15) is 5.69 Å². The van der Waals surface area contributed by atoms with E-state index in [0.717, 1.165) is 19.4 Å². The van der Waals surface area contributed by atoms with E-state index in [1.165, 1.54) is 19.3 Å². The van der Waals surface area contributed by atoms with Gasteiger partial charge in [-0.05, 0) is 26.7 Å².